The van der Waals surface area contributed by atoms with Gasteiger partial charge in [0, 0.05) is 45.3 Å². The Kier molecular flexibility index (Phi) is 8.21. The minimum absolute atomic E-state index is 0.267. The SMILES string of the molecule is [C-]#[N+]/C(C#N)=C1/N(CCCN2CCCC(C)C2)CCN1CCCN1CCCC1C. The van der Waals surface area contributed by atoms with Crippen LogP contribution in [-0.2, 0) is 0 Å². The van der Waals surface area contributed by atoms with E-state index in [1.807, 2.05) is 0 Å². The molecule has 2 unspecified atom stereocenters. The minimum atomic E-state index is 0.267. The smallest absolute Gasteiger partial charge is 0.300 e. The number of rotatable bonds is 8. The van der Waals surface area contributed by atoms with E-state index in [1.165, 1.54) is 45.3 Å². The van der Waals surface area contributed by atoms with E-state index in [0.29, 0.717) is 6.04 Å². The molecule has 3 rings (SSSR count). The molecule has 0 saturated carbocycles. The first-order chi connectivity index (χ1) is 14.1. The van der Waals surface area contributed by atoms with Crippen LogP contribution in [0.3, 0.4) is 0 Å². The van der Waals surface area contributed by atoms with Crippen LogP contribution in [0.1, 0.15) is 52.4 Å². The quantitative estimate of drug-likeness (QED) is 0.464. The van der Waals surface area contributed by atoms with E-state index in [2.05, 4.69) is 44.4 Å². The first kappa shape index (κ1) is 21.9. The van der Waals surface area contributed by atoms with Crippen LogP contribution in [0.15, 0.2) is 11.5 Å². The molecule has 0 aromatic carbocycles. The Hall–Kier alpha value is -1.76. The van der Waals surface area contributed by atoms with E-state index < -0.39 is 0 Å². The van der Waals surface area contributed by atoms with Crippen LogP contribution in [0, 0.1) is 23.8 Å². The molecule has 3 aliphatic heterocycles. The average Bonchev–Trinajstić information content (AvgIpc) is 3.30. The van der Waals surface area contributed by atoms with Gasteiger partial charge in [-0.1, -0.05) is 6.92 Å². The van der Waals surface area contributed by atoms with Crippen LogP contribution in [0.4, 0.5) is 0 Å². The van der Waals surface area contributed by atoms with Crippen molar-refractivity contribution in [1.82, 2.24) is 19.6 Å². The molecule has 6 heteroatoms. The molecule has 29 heavy (non-hydrogen) atoms. The topological polar surface area (TPSA) is 41.1 Å². The van der Waals surface area contributed by atoms with Crippen molar-refractivity contribution in [2.75, 3.05) is 58.9 Å². The molecule has 0 radical (unpaired) electrons. The van der Waals surface area contributed by atoms with E-state index in [0.717, 1.165) is 63.8 Å². The second-order valence-corrected chi connectivity index (χ2v) is 9.15. The van der Waals surface area contributed by atoms with Gasteiger partial charge in [0.25, 0.3) is 0 Å². The molecular formula is C23H38N6. The van der Waals surface area contributed by atoms with Gasteiger partial charge in [-0.3, -0.25) is 0 Å². The number of nitriles is 1. The van der Waals surface area contributed by atoms with Gasteiger partial charge in [-0.25, -0.2) is 10.1 Å². The molecule has 0 spiro atoms. The third kappa shape index (κ3) is 5.87. The summed E-state index contributed by atoms with van der Waals surface area (Å²) in [5, 5.41) is 9.52. The normalized spacial score (nSPS) is 27.9. The Bertz CT molecular complexity index is 629. The molecule has 3 fully saturated rings. The average molecular weight is 399 g/mol. The minimum Gasteiger partial charge on any atom is -0.365 e. The number of hydrogen-bond acceptors (Lipinski definition) is 5. The van der Waals surface area contributed by atoms with Crippen LogP contribution in [0.25, 0.3) is 4.85 Å². The summed E-state index contributed by atoms with van der Waals surface area (Å²) in [5.74, 6) is 1.70. The molecule has 0 amide bonds. The van der Waals surface area contributed by atoms with Crippen molar-refractivity contribution in [2.45, 2.75) is 58.4 Å². The third-order valence-electron chi connectivity index (χ3n) is 6.88. The van der Waals surface area contributed by atoms with Gasteiger partial charge in [-0.15, -0.1) is 0 Å². The largest absolute Gasteiger partial charge is 0.365 e. The zero-order valence-corrected chi connectivity index (χ0v) is 18.4. The summed E-state index contributed by atoms with van der Waals surface area (Å²) < 4.78 is 0. The number of piperidine rings is 1. The van der Waals surface area contributed by atoms with E-state index >= 15 is 0 Å². The number of hydrogen-bond donors (Lipinski definition) is 0. The lowest BCUT2D eigenvalue weighted by molar-refractivity contribution is 0.175. The molecule has 0 N–H and O–H groups in total. The number of likely N-dealkylation sites (tertiary alicyclic amines) is 2. The highest BCUT2D eigenvalue weighted by molar-refractivity contribution is 5.33. The van der Waals surface area contributed by atoms with E-state index in [1.54, 1.807) is 0 Å². The lowest BCUT2D eigenvalue weighted by Crippen LogP contribution is -2.36. The monoisotopic (exact) mass is 398 g/mol. The molecular weight excluding hydrogens is 360 g/mol. The second kappa shape index (κ2) is 10.9. The standard InChI is InChI=1S/C23H38N6/c1-20-8-4-10-26(19-20)11-6-14-28-16-17-29(23(28)22(18-24)25-3)15-7-13-27-12-5-9-21(27)2/h20-21H,4-17,19H2,1-2H3/b23-22-. The van der Waals surface area contributed by atoms with Gasteiger partial charge in [-0.2, -0.15) is 0 Å². The highest BCUT2D eigenvalue weighted by atomic mass is 15.4. The Morgan fingerprint density at radius 3 is 2.28 bits per heavy atom. The zero-order valence-electron chi connectivity index (χ0n) is 18.4. The molecule has 6 nitrogen and oxygen atoms in total. The second-order valence-electron chi connectivity index (χ2n) is 9.15. The van der Waals surface area contributed by atoms with Gasteiger partial charge in [0.1, 0.15) is 5.82 Å². The highest BCUT2D eigenvalue weighted by Crippen LogP contribution is 2.24. The predicted octanol–water partition coefficient (Wildman–Crippen LogP) is 3.21. The summed E-state index contributed by atoms with van der Waals surface area (Å²) in [5.41, 5.74) is 0.267. The van der Waals surface area contributed by atoms with Gasteiger partial charge in [-0.05, 0) is 71.0 Å². The fourth-order valence-electron chi connectivity index (χ4n) is 5.28. The molecule has 2 atom stereocenters. The fourth-order valence-corrected chi connectivity index (χ4v) is 5.28. The highest BCUT2D eigenvalue weighted by Gasteiger charge is 2.28. The van der Waals surface area contributed by atoms with Gasteiger partial charge in [0.15, 0.2) is 0 Å². The van der Waals surface area contributed by atoms with Crippen LogP contribution in [-0.4, -0.2) is 84.5 Å². The van der Waals surface area contributed by atoms with Gasteiger partial charge >= 0.3 is 5.70 Å². The van der Waals surface area contributed by atoms with Crippen LogP contribution < -0.4 is 0 Å². The molecule has 0 bridgehead atoms. The summed E-state index contributed by atoms with van der Waals surface area (Å²) in [6.07, 6.45) is 7.51. The van der Waals surface area contributed by atoms with Crippen molar-refractivity contribution < 1.29 is 0 Å². The molecule has 3 saturated heterocycles. The Morgan fingerprint density at radius 1 is 1.00 bits per heavy atom. The lowest BCUT2D eigenvalue weighted by Gasteiger charge is -2.32. The predicted molar refractivity (Wildman–Crippen MR) is 117 cm³/mol. The van der Waals surface area contributed by atoms with Gasteiger partial charge in [0.2, 0.25) is 0 Å². The molecule has 3 heterocycles. The van der Waals surface area contributed by atoms with Crippen molar-refractivity contribution in [2.24, 2.45) is 5.92 Å². The molecule has 3 aliphatic rings. The Morgan fingerprint density at radius 2 is 1.69 bits per heavy atom. The Labute approximate surface area is 177 Å². The van der Waals surface area contributed by atoms with Crippen LogP contribution >= 0.6 is 0 Å². The summed E-state index contributed by atoms with van der Waals surface area (Å²) in [4.78, 5) is 13.3. The van der Waals surface area contributed by atoms with Crippen molar-refractivity contribution in [3.63, 3.8) is 0 Å². The number of nitrogens with zero attached hydrogens (tertiary/aromatic N) is 6. The molecule has 160 valence electrons. The van der Waals surface area contributed by atoms with E-state index in [-0.39, 0.29) is 5.70 Å². The molecule has 0 aliphatic carbocycles. The van der Waals surface area contributed by atoms with Crippen LogP contribution in [0.5, 0.6) is 0 Å². The van der Waals surface area contributed by atoms with E-state index in [4.69, 9.17) is 6.57 Å². The number of allylic oxidation sites excluding steroid dienone is 1. The Balaban J connectivity index is 1.51. The van der Waals surface area contributed by atoms with Gasteiger partial charge < -0.3 is 19.6 Å². The summed E-state index contributed by atoms with van der Waals surface area (Å²) in [6.45, 7) is 21.8. The maximum atomic E-state index is 9.52. The summed E-state index contributed by atoms with van der Waals surface area (Å²) >= 11 is 0. The van der Waals surface area contributed by atoms with Crippen molar-refractivity contribution in [1.29, 1.82) is 5.26 Å². The first-order valence-electron chi connectivity index (χ1n) is 11.6. The van der Waals surface area contributed by atoms with Crippen LogP contribution in [0.2, 0.25) is 0 Å². The molecule has 0 aromatic heterocycles. The van der Waals surface area contributed by atoms with Crippen molar-refractivity contribution >= 4 is 0 Å². The maximum Gasteiger partial charge on any atom is 0.300 e. The van der Waals surface area contributed by atoms with E-state index in [9.17, 15) is 5.26 Å². The summed E-state index contributed by atoms with van der Waals surface area (Å²) in [6, 6.07) is 2.86. The fraction of sp³-hybridized carbons (Fsp3) is 0.826. The summed E-state index contributed by atoms with van der Waals surface area (Å²) in [7, 11) is 0. The molecule has 0 aromatic rings. The first-order valence-corrected chi connectivity index (χ1v) is 11.6. The lowest BCUT2D eigenvalue weighted by atomic mass is 10.0. The maximum absolute atomic E-state index is 9.52. The zero-order chi connectivity index (χ0) is 20.6. The third-order valence-corrected chi connectivity index (χ3v) is 6.88. The van der Waals surface area contributed by atoms with Crippen molar-refractivity contribution in [3.05, 3.63) is 22.9 Å². The van der Waals surface area contributed by atoms with Crippen molar-refractivity contribution in [3.8, 4) is 6.07 Å². The van der Waals surface area contributed by atoms with Gasteiger partial charge in [0.05, 0.1) is 12.6 Å².